The minimum atomic E-state index is -1.52. The van der Waals surface area contributed by atoms with Gasteiger partial charge in [-0.15, -0.1) is 5.10 Å². The summed E-state index contributed by atoms with van der Waals surface area (Å²) in [4.78, 5) is 53.5. The van der Waals surface area contributed by atoms with E-state index >= 15 is 0 Å². The zero-order valence-corrected chi connectivity index (χ0v) is 31.7. The second-order valence-corrected chi connectivity index (χ2v) is 13.4. The number of cyclic esters (lactones) is 2. The number of rotatable bonds is 13. The molecule has 2 aromatic heterocycles. The van der Waals surface area contributed by atoms with E-state index in [0.29, 0.717) is 53.8 Å². The number of carboxylic acids is 1. The fourth-order valence-electron chi connectivity index (χ4n) is 5.93. The Labute approximate surface area is 328 Å². The number of hydrogen-bond donors (Lipinski definition) is 1. The summed E-state index contributed by atoms with van der Waals surface area (Å²) in [5.74, 6) is -3.62. The van der Waals surface area contributed by atoms with Crippen molar-refractivity contribution in [1.29, 1.82) is 0 Å². The standard InChI is InChI=1S/C28H24N4O4.C15H16O6/c1-19-24(29-27(36-19)21-10-4-2-5-11-21)15-16-35-23-14-8-9-20(17-23)18-25-26(28(33)34)31-32(30-25)22-12-6-3-7-13-22;1-15(2)20-13(17)12(14(18)21-15)11(16)8-9-5-4-6-10(7-9)19-3/h2-14,17H,15-16,18H2,1H3,(H,33,34);4-7,12H,8H2,1-3H3. The Hall–Kier alpha value is -7.09. The fourth-order valence-corrected chi connectivity index (χ4v) is 5.93. The monoisotopic (exact) mass is 772 g/mol. The van der Waals surface area contributed by atoms with Crippen molar-refractivity contribution in [2.45, 2.75) is 45.8 Å². The number of carbonyl (C=O) groups is 4. The minimum absolute atomic E-state index is 0.0686. The Kier molecular flexibility index (Phi) is 12.2. The van der Waals surface area contributed by atoms with Gasteiger partial charge in [-0.2, -0.15) is 9.90 Å². The molecule has 1 fully saturated rings. The van der Waals surface area contributed by atoms with Gasteiger partial charge >= 0.3 is 17.9 Å². The Morgan fingerprint density at radius 1 is 0.807 bits per heavy atom. The number of hydrogen-bond acceptors (Lipinski definition) is 12. The molecule has 1 aliphatic heterocycles. The largest absolute Gasteiger partial charge is 0.497 e. The number of ether oxygens (including phenoxy) is 4. The van der Waals surface area contributed by atoms with Crippen molar-refractivity contribution in [3.63, 3.8) is 0 Å². The van der Waals surface area contributed by atoms with E-state index in [1.165, 1.54) is 25.8 Å². The number of ketones is 1. The first kappa shape index (κ1) is 39.6. The highest BCUT2D eigenvalue weighted by Crippen LogP contribution is 2.26. The first-order valence-electron chi connectivity index (χ1n) is 18.0. The van der Waals surface area contributed by atoms with E-state index in [4.69, 9.17) is 23.4 Å². The topological polar surface area (TPSA) is 182 Å². The number of para-hydroxylation sites is 1. The first-order chi connectivity index (χ1) is 27.4. The van der Waals surface area contributed by atoms with Crippen LogP contribution in [0.15, 0.2) is 114 Å². The molecule has 4 aromatic carbocycles. The van der Waals surface area contributed by atoms with Crippen LogP contribution in [0.5, 0.6) is 11.5 Å². The average Bonchev–Trinajstić information content (AvgIpc) is 3.78. The summed E-state index contributed by atoms with van der Waals surface area (Å²) < 4.78 is 26.7. The molecule has 1 aliphatic rings. The van der Waals surface area contributed by atoms with Crippen molar-refractivity contribution < 1.29 is 47.6 Å². The molecule has 0 unspecified atom stereocenters. The molecule has 57 heavy (non-hydrogen) atoms. The molecule has 6 aromatic rings. The van der Waals surface area contributed by atoms with Crippen LogP contribution in [-0.4, -0.2) is 68.3 Å². The predicted molar refractivity (Wildman–Crippen MR) is 205 cm³/mol. The second kappa shape index (κ2) is 17.6. The van der Waals surface area contributed by atoms with Gasteiger partial charge in [-0.1, -0.05) is 60.7 Å². The van der Waals surface area contributed by atoms with E-state index < -0.39 is 35.4 Å². The summed E-state index contributed by atoms with van der Waals surface area (Å²) in [5.41, 5.74) is 4.32. The number of nitrogens with zero attached hydrogens (tertiary/aromatic N) is 4. The predicted octanol–water partition coefficient (Wildman–Crippen LogP) is 6.40. The number of methoxy groups -OCH3 is 1. The molecule has 0 radical (unpaired) electrons. The maximum absolute atomic E-state index is 12.2. The number of aromatic carboxylic acids is 1. The second-order valence-electron chi connectivity index (χ2n) is 13.4. The number of aryl methyl sites for hydroxylation is 1. The van der Waals surface area contributed by atoms with Gasteiger partial charge < -0.3 is 28.5 Å². The van der Waals surface area contributed by atoms with Gasteiger partial charge in [0.2, 0.25) is 11.8 Å². The number of Topliss-reactive ketones (excluding diaryl/α,β-unsaturated/α-hetero) is 1. The molecule has 0 atom stereocenters. The van der Waals surface area contributed by atoms with E-state index in [9.17, 15) is 24.3 Å². The van der Waals surface area contributed by atoms with Crippen LogP contribution in [0.4, 0.5) is 0 Å². The van der Waals surface area contributed by atoms with Crippen molar-refractivity contribution in [2.24, 2.45) is 5.92 Å². The van der Waals surface area contributed by atoms with Crippen LogP contribution < -0.4 is 9.47 Å². The van der Waals surface area contributed by atoms with E-state index in [2.05, 4.69) is 15.2 Å². The summed E-state index contributed by atoms with van der Waals surface area (Å²) in [6.07, 6.45) is 0.835. The lowest BCUT2D eigenvalue weighted by molar-refractivity contribution is -0.238. The minimum Gasteiger partial charge on any atom is -0.497 e. The lowest BCUT2D eigenvalue weighted by Crippen LogP contribution is -2.49. The van der Waals surface area contributed by atoms with Crippen molar-refractivity contribution in [3.05, 3.63) is 143 Å². The summed E-state index contributed by atoms with van der Waals surface area (Å²) in [7, 11) is 1.51. The van der Waals surface area contributed by atoms with E-state index in [0.717, 1.165) is 22.6 Å². The number of carboxylic acid groups (broad SMARTS) is 1. The summed E-state index contributed by atoms with van der Waals surface area (Å²) in [6, 6.07) is 33.4. The van der Waals surface area contributed by atoms with Crippen molar-refractivity contribution >= 4 is 23.7 Å². The number of carbonyl (C=O) groups excluding carboxylic acids is 3. The zero-order chi connectivity index (χ0) is 40.5. The summed E-state index contributed by atoms with van der Waals surface area (Å²) >= 11 is 0. The molecule has 292 valence electrons. The van der Waals surface area contributed by atoms with Crippen LogP contribution >= 0.6 is 0 Å². The highest BCUT2D eigenvalue weighted by atomic mass is 16.7. The van der Waals surface area contributed by atoms with Gasteiger partial charge in [-0.3, -0.25) is 14.4 Å². The maximum atomic E-state index is 12.2. The van der Waals surface area contributed by atoms with Gasteiger partial charge in [0, 0.05) is 38.7 Å². The molecule has 0 amide bonds. The molecule has 0 saturated carbocycles. The highest BCUT2D eigenvalue weighted by molar-refractivity contribution is 6.16. The Bertz CT molecular complexity index is 2350. The van der Waals surface area contributed by atoms with Gasteiger partial charge in [0.05, 0.1) is 25.1 Å². The molecule has 1 N–H and O–H groups in total. The van der Waals surface area contributed by atoms with Crippen LogP contribution in [0.2, 0.25) is 0 Å². The zero-order valence-electron chi connectivity index (χ0n) is 31.7. The van der Waals surface area contributed by atoms with Gasteiger partial charge in [0.1, 0.15) is 23.0 Å². The van der Waals surface area contributed by atoms with Crippen LogP contribution in [0.3, 0.4) is 0 Å². The first-order valence-corrected chi connectivity index (χ1v) is 18.0. The SMILES string of the molecule is COc1cccc(CC(=O)C2C(=O)OC(C)(C)OC2=O)c1.Cc1oc(-c2ccccc2)nc1CCOc1cccc(Cc2nn(-c3ccccc3)nc2C(=O)O)c1. The summed E-state index contributed by atoms with van der Waals surface area (Å²) in [6.45, 7) is 5.20. The van der Waals surface area contributed by atoms with Gasteiger partial charge in [0.25, 0.3) is 5.79 Å². The van der Waals surface area contributed by atoms with Crippen molar-refractivity contribution in [2.75, 3.05) is 13.7 Å². The van der Waals surface area contributed by atoms with Crippen LogP contribution in [-0.2, 0) is 43.1 Å². The van der Waals surface area contributed by atoms with Gasteiger partial charge in [-0.05, 0) is 66.6 Å². The fraction of sp³-hybridized carbons (Fsp3) is 0.233. The van der Waals surface area contributed by atoms with E-state index in [1.807, 2.05) is 91.9 Å². The highest BCUT2D eigenvalue weighted by Gasteiger charge is 2.46. The normalized spacial score (nSPS) is 13.5. The maximum Gasteiger partial charge on any atom is 0.358 e. The molecule has 1 saturated heterocycles. The lowest BCUT2D eigenvalue weighted by atomic mass is 9.97. The molecule has 7 rings (SSSR count). The third-order valence-electron chi connectivity index (χ3n) is 8.66. The molecule has 0 aliphatic carbocycles. The Balaban J connectivity index is 0.000000223. The Morgan fingerprint density at radius 3 is 2.11 bits per heavy atom. The quantitative estimate of drug-likeness (QED) is 0.101. The number of oxazole rings is 1. The molecule has 14 heteroatoms. The third kappa shape index (κ3) is 10.2. The number of esters is 2. The van der Waals surface area contributed by atoms with Crippen molar-refractivity contribution in [3.8, 4) is 28.6 Å². The van der Waals surface area contributed by atoms with Gasteiger partial charge in [-0.25, -0.2) is 9.78 Å². The van der Waals surface area contributed by atoms with Crippen LogP contribution in [0.25, 0.3) is 17.1 Å². The Morgan fingerprint density at radius 2 is 1.44 bits per heavy atom. The lowest BCUT2D eigenvalue weighted by Gasteiger charge is -2.32. The smallest absolute Gasteiger partial charge is 0.358 e. The molecule has 3 heterocycles. The molecular weight excluding hydrogens is 732 g/mol. The van der Waals surface area contributed by atoms with Crippen LogP contribution in [0, 0.1) is 12.8 Å². The third-order valence-corrected chi connectivity index (χ3v) is 8.66. The van der Waals surface area contributed by atoms with Crippen molar-refractivity contribution in [1.82, 2.24) is 20.0 Å². The molecule has 14 nitrogen and oxygen atoms in total. The molecule has 0 bridgehead atoms. The molecule has 0 spiro atoms. The van der Waals surface area contributed by atoms with E-state index in [-0.39, 0.29) is 12.1 Å². The van der Waals surface area contributed by atoms with Gasteiger partial charge in [0.15, 0.2) is 11.5 Å². The number of benzene rings is 4. The van der Waals surface area contributed by atoms with E-state index in [1.54, 1.807) is 24.3 Å². The van der Waals surface area contributed by atoms with Crippen LogP contribution in [0.1, 0.15) is 52.6 Å². The molecular formula is C43H40N4O10. The summed E-state index contributed by atoms with van der Waals surface area (Å²) in [5, 5.41) is 18.2. The number of aromatic nitrogens is 4. The average molecular weight is 773 g/mol.